The smallest absolute Gasteiger partial charge is 0.227 e. The number of fused-ring (bicyclic) bond motifs is 3. The molecular weight excluding hydrogens is 1260 g/mol. The second-order valence-electron chi connectivity index (χ2n) is 25.6. The van der Waals surface area contributed by atoms with Gasteiger partial charge in [-0.1, -0.05) is 60.1 Å². The first kappa shape index (κ1) is 67.0. The zero-order valence-corrected chi connectivity index (χ0v) is 57.1. The summed E-state index contributed by atoms with van der Waals surface area (Å²) in [6, 6.07) is 22.7. The zero-order chi connectivity index (χ0) is 68.7. The van der Waals surface area contributed by atoms with Crippen LogP contribution in [0.1, 0.15) is 77.8 Å². The Kier molecular flexibility index (Phi) is 20.3. The van der Waals surface area contributed by atoms with Gasteiger partial charge in [0.2, 0.25) is 17.6 Å². The van der Waals surface area contributed by atoms with E-state index in [0.717, 1.165) is 155 Å². The summed E-state index contributed by atoms with van der Waals surface area (Å²) >= 11 is 0. The molecule has 21 nitrogen and oxygen atoms in total. The number of hydrogen-bond donors (Lipinski definition) is 4. The van der Waals surface area contributed by atoms with E-state index in [1.54, 1.807) is 18.2 Å². The highest BCUT2D eigenvalue weighted by Gasteiger charge is 2.25. The average Bonchev–Trinajstić information content (AvgIpc) is 1.86. The lowest BCUT2D eigenvalue weighted by Crippen LogP contribution is -2.46. The largest absolute Gasteiger partial charge is 0.435 e. The van der Waals surface area contributed by atoms with E-state index in [9.17, 15) is 13.2 Å². The molecule has 4 N–H and O–H groups in total. The molecule has 0 unspecified atom stereocenters. The topological polar surface area (TPSA) is 208 Å². The highest BCUT2D eigenvalue weighted by molar-refractivity contribution is 5.70. The molecule has 24 heteroatoms. The van der Waals surface area contributed by atoms with Crippen molar-refractivity contribution in [3.8, 4) is 34.9 Å². The first-order valence-electron chi connectivity index (χ1n) is 33.6. The summed E-state index contributed by atoms with van der Waals surface area (Å²) in [5.74, 6) is 4.00. The van der Waals surface area contributed by atoms with Crippen LogP contribution in [0.3, 0.4) is 0 Å². The number of halogens is 3. The van der Waals surface area contributed by atoms with Gasteiger partial charge in [-0.15, -0.1) is 0 Å². The molecule has 0 bridgehead atoms. The van der Waals surface area contributed by atoms with E-state index in [1.807, 2.05) is 121 Å². The molecule has 510 valence electrons. The van der Waals surface area contributed by atoms with Crippen LogP contribution in [0.25, 0.3) is 18.2 Å². The maximum Gasteiger partial charge on any atom is 0.227 e. The Morgan fingerprint density at radius 3 is 1.06 bits per heavy atom. The number of ether oxygens (including phenoxy) is 3. The number of allylic oxidation sites excluding steroid dienone is 3. The second-order valence-corrected chi connectivity index (χ2v) is 25.6. The third-order valence-electron chi connectivity index (χ3n) is 18.5. The van der Waals surface area contributed by atoms with Crippen molar-refractivity contribution < 1.29 is 27.4 Å². The van der Waals surface area contributed by atoms with Gasteiger partial charge in [0.05, 0.1) is 52.3 Å². The molecule has 0 saturated carbocycles. The first-order valence-corrected chi connectivity index (χ1v) is 33.6. The van der Waals surface area contributed by atoms with E-state index < -0.39 is 0 Å². The number of nitrogens with one attached hydrogen (secondary N) is 4. The minimum atomic E-state index is -0.364. The van der Waals surface area contributed by atoms with Crippen molar-refractivity contribution in [3.63, 3.8) is 0 Å². The van der Waals surface area contributed by atoms with Crippen molar-refractivity contribution in [2.75, 3.05) is 123 Å². The van der Waals surface area contributed by atoms with Gasteiger partial charge in [0.25, 0.3) is 0 Å². The highest BCUT2D eigenvalue weighted by atomic mass is 19.1. The third kappa shape index (κ3) is 15.6. The van der Waals surface area contributed by atoms with Crippen molar-refractivity contribution in [2.45, 2.75) is 67.7 Å². The Labute approximate surface area is 575 Å². The maximum absolute atomic E-state index is 15.0. The normalized spacial score (nSPS) is 15.7. The maximum atomic E-state index is 15.0. The second kappa shape index (κ2) is 30.1. The predicted molar refractivity (Wildman–Crippen MR) is 383 cm³/mol. The van der Waals surface area contributed by atoms with Crippen molar-refractivity contribution in [2.24, 2.45) is 0 Å². The van der Waals surface area contributed by atoms with Gasteiger partial charge in [0.15, 0.2) is 34.7 Å². The van der Waals surface area contributed by atoms with Crippen molar-refractivity contribution in [1.82, 2.24) is 60.0 Å². The van der Waals surface area contributed by atoms with Crippen LogP contribution < -0.4 is 50.2 Å². The van der Waals surface area contributed by atoms with E-state index in [1.165, 1.54) is 19.0 Å². The summed E-state index contributed by atoms with van der Waals surface area (Å²) in [6.45, 7) is 26.9. The highest BCUT2D eigenvalue weighted by Crippen LogP contribution is 2.40. The standard InChI is InChI=1S/C26H29FN6O.C25H27FN6O.C24H25FN6O/c1-4-32-9-11-33(12-10-32)20-6-8-23(28-15-20)31-25-18(3)26(30-16-29-25)34-22-7-5-19-13-17(2)14-21(19)24(22)27;1-16-12-18-4-6-21(23(26)20(18)13-16)33-25-17(2)24(28-15-29-25)30-22-7-5-19(14-27-22)32-10-8-31(3)9-11-32;1-15-11-17-3-5-20(22(25)19(17)12-15)32-24-16(2)23(28-14-29-24)30-21-6-4-18(13-27-21)31-9-7-26-8-10-31/h5-8,14-16H,4,9-13H2,1-3H3,(H,28,29,30,31);4-7,13-15H,8-12H2,1-3H3,(H,27,28,29,30);3-6,12-14,26H,7-11H2,1-2H3,(H,27,28,29,30). The number of likely N-dealkylation sites (N-methyl/N-ethyl adjacent to an activating group) is 2. The average molecular weight is 1340 g/mol. The van der Waals surface area contributed by atoms with Crippen LogP contribution >= 0.6 is 0 Å². The van der Waals surface area contributed by atoms with Crippen molar-refractivity contribution in [3.05, 3.63) is 195 Å². The molecule has 9 aromatic rings. The number of rotatable bonds is 16. The molecule has 3 saturated heterocycles. The molecule has 0 atom stereocenters. The number of anilines is 9. The van der Waals surface area contributed by atoms with Crippen LogP contribution in [0.5, 0.6) is 34.9 Å². The minimum absolute atomic E-state index is 0.154. The van der Waals surface area contributed by atoms with Crippen LogP contribution in [0.4, 0.5) is 65.1 Å². The van der Waals surface area contributed by atoms with Gasteiger partial charge in [-0.25, -0.2) is 58.0 Å². The van der Waals surface area contributed by atoms with Crippen LogP contribution in [-0.2, 0) is 19.3 Å². The lowest BCUT2D eigenvalue weighted by atomic mass is 10.1. The van der Waals surface area contributed by atoms with Crippen molar-refractivity contribution >= 4 is 70.2 Å². The molecule has 3 aliphatic heterocycles. The van der Waals surface area contributed by atoms with E-state index in [0.29, 0.717) is 85.9 Å². The van der Waals surface area contributed by atoms with E-state index in [-0.39, 0.29) is 34.7 Å². The lowest BCUT2D eigenvalue weighted by Gasteiger charge is -2.35. The first-order chi connectivity index (χ1) is 48.1. The monoisotopic (exact) mass is 1340 g/mol. The summed E-state index contributed by atoms with van der Waals surface area (Å²) in [5.41, 5.74) is 13.5. The third-order valence-corrected chi connectivity index (χ3v) is 18.5. The molecule has 99 heavy (non-hydrogen) atoms. The van der Waals surface area contributed by atoms with E-state index in [4.69, 9.17) is 14.2 Å². The summed E-state index contributed by atoms with van der Waals surface area (Å²) in [6.07, 6.45) is 17.7. The molecular formula is C75H81F3N18O3. The SMILES string of the molecule is CC1=Cc2c(ccc(Oc3ncnc(Nc4ccc(N5CCN(C)CC5)cn4)c3C)c2F)C1.CC1=Cc2c(ccc(Oc3ncnc(Nc4ccc(N5CCNCC5)cn4)c3C)c2F)C1.CCN1CCN(c2ccc(Nc3ncnc(Oc4ccc5c(c4F)C=C(C)C5)c3C)nc2)CC1. The summed E-state index contributed by atoms with van der Waals surface area (Å²) in [5, 5.41) is 13.0. The zero-order valence-electron chi connectivity index (χ0n) is 57.1. The van der Waals surface area contributed by atoms with Gasteiger partial charge >= 0.3 is 0 Å². The van der Waals surface area contributed by atoms with Crippen molar-refractivity contribution in [1.29, 1.82) is 0 Å². The molecule has 15 rings (SSSR count). The molecule has 6 aromatic heterocycles. The molecule has 0 spiro atoms. The number of piperazine rings is 3. The lowest BCUT2D eigenvalue weighted by molar-refractivity contribution is 0.271. The van der Waals surface area contributed by atoms with Crippen LogP contribution in [0.15, 0.2) is 127 Å². The molecule has 3 fully saturated rings. The number of aromatic nitrogens is 9. The van der Waals surface area contributed by atoms with Gasteiger partial charge in [0.1, 0.15) is 53.9 Å². The Hall–Kier alpha value is -10.6. The Balaban J connectivity index is 0.000000133. The molecule has 0 radical (unpaired) electrons. The number of hydrogen-bond acceptors (Lipinski definition) is 21. The van der Waals surface area contributed by atoms with Gasteiger partial charge < -0.3 is 60.0 Å². The summed E-state index contributed by atoms with van der Waals surface area (Å²) in [7, 11) is 2.14. The van der Waals surface area contributed by atoms with E-state index >= 15 is 0 Å². The van der Waals surface area contributed by atoms with Crippen LogP contribution in [0.2, 0.25) is 0 Å². The quantitative estimate of drug-likeness (QED) is 0.0709. The fourth-order valence-corrected chi connectivity index (χ4v) is 12.7. The van der Waals surface area contributed by atoms with Gasteiger partial charge in [0, 0.05) is 95.2 Å². The number of pyridine rings is 3. The van der Waals surface area contributed by atoms with Gasteiger partial charge in [-0.3, -0.25) is 0 Å². The fourth-order valence-electron chi connectivity index (χ4n) is 12.7. The Morgan fingerprint density at radius 1 is 0.404 bits per heavy atom. The van der Waals surface area contributed by atoms with Crippen LogP contribution in [0, 0.1) is 38.2 Å². The number of benzene rings is 3. The molecule has 3 aromatic carbocycles. The summed E-state index contributed by atoms with van der Waals surface area (Å²) < 4.78 is 62.5. The Morgan fingerprint density at radius 2 is 0.737 bits per heavy atom. The predicted octanol–water partition coefficient (Wildman–Crippen LogP) is 13.7. The molecule has 6 aliphatic rings. The van der Waals surface area contributed by atoms with Crippen LogP contribution in [-0.4, -0.2) is 147 Å². The molecule has 9 heterocycles. The van der Waals surface area contributed by atoms with E-state index in [2.05, 4.69) is 117 Å². The molecule has 3 aliphatic carbocycles. The number of nitrogens with zero attached hydrogens (tertiary/aromatic N) is 14. The molecule has 0 amide bonds. The summed E-state index contributed by atoms with van der Waals surface area (Å²) in [4.78, 5) is 51.0. The van der Waals surface area contributed by atoms with Gasteiger partial charge in [-0.05, 0) is 146 Å². The minimum Gasteiger partial charge on any atom is -0.435 e. The van der Waals surface area contributed by atoms with Gasteiger partial charge in [-0.2, -0.15) is 0 Å². The fraction of sp³-hybridized carbons (Fsp3) is 0.320. The Bertz CT molecular complexity index is 4500.